The number of hydrogen-bond acceptors (Lipinski definition) is 3. The average molecular weight is 355 g/mol. The van der Waals surface area contributed by atoms with Crippen molar-refractivity contribution < 1.29 is 14.2 Å². The normalized spacial score (nSPS) is 28.7. The van der Waals surface area contributed by atoms with Crippen molar-refractivity contribution in [2.24, 2.45) is 11.8 Å². The van der Waals surface area contributed by atoms with E-state index in [-0.39, 0.29) is 11.7 Å². The molecule has 2 aliphatic rings. The maximum Gasteiger partial charge on any atom is 0.126 e. The summed E-state index contributed by atoms with van der Waals surface area (Å²) in [6.45, 7) is 2.55. The lowest BCUT2D eigenvalue weighted by Gasteiger charge is -2.41. The van der Waals surface area contributed by atoms with Gasteiger partial charge in [-0.05, 0) is 36.8 Å². The third-order valence-electron chi connectivity index (χ3n) is 6.18. The number of aliphatic hydroxyl groups is 1. The summed E-state index contributed by atoms with van der Waals surface area (Å²) in [5.74, 6) is 1.06. The van der Waals surface area contributed by atoms with Crippen LogP contribution < -0.4 is 4.74 Å². The van der Waals surface area contributed by atoms with E-state index in [4.69, 9.17) is 4.74 Å². The lowest BCUT2D eigenvalue weighted by molar-refractivity contribution is -0.0648. The summed E-state index contributed by atoms with van der Waals surface area (Å²) < 4.78 is 18.8. The first-order chi connectivity index (χ1) is 12.6. The molecule has 1 aliphatic carbocycles. The Kier molecular flexibility index (Phi) is 4.72. The molecule has 1 saturated heterocycles. The molecule has 1 N–H and O–H groups in total. The van der Waals surface area contributed by atoms with Crippen LogP contribution in [0.25, 0.3) is 0 Å². The molecule has 3 nitrogen and oxygen atoms in total. The van der Waals surface area contributed by atoms with Crippen molar-refractivity contribution in [3.05, 3.63) is 65.5 Å². The van der Waals surface area contributed by atoms with Gasteiger partial charge in [-0.1, -0.05) is 36.4 Å². The quantitative estimate of drug-likeness (QED) is 0.901. The highest BCUT2D eigenvalue weighted by atomic mass is 19.1. The smallest absolute Gasteiger partial charge is 0.126 e. The van der Waals surface area contributed by atoms with Gasteiger partial charge in [0.1, 0.15) is 11.6 Å². The van der Waals surface area contributed by atoms with Crippen molar-refractivity contribution in [3.63, 3.8) is 0 Å². The van der Waals surface area contributed by atoms with Crippen LogP contribution in [0.3, 0.4) is 0 Å². The molecule has 138 valence electrons. The van der Waals surface area contributed by atoms with Gasteiger partial charge in [-0.2, -0.15) is 0 Å². The van der Waals surface area contributed by atoms with Crippen LogP contribution in [-0.4, -0.2) is 30.2 Å². The van der Waals surface area contributed by atoms with Crippen molar-refractivity contribution in [2.45, 2.75) is 31.4 Å². The van der Waals surface area contributed by atoms with Crippen LogP contribution in [0, 0.1) is 17.7 Å². The van der Waals surface area contributed by atoms with E-state index in [1.807, 2.05) is 30.3 Å². The molecule has 26 heavy (non-hydrogen) atoms. The Labute approximate surface area is 154 Å². The van der Waals surface area contributed by atoms with Crippen LogP contribution in [0.2, 0.25) is 0 Å². The molecule has 0 aromatic heterocycles. The van der Waals surface area contributed by atoms with E-state index in [1.165, 1.54) is 12.1 Å². The number of nitrogens with zero attached hydrogens (tertiary/aromatic N) is 1. The van der Waals surface area contributed by atoms with E-state index in [0.29, 0.717) is 11.7 Å². The van der Waals surface area contributed by atoms with Crippen LogP contribution in [0.4, 0.5) is 4.39 Å². The number of halogens is 1. The Morgan fingerprint density at radius 1 is 1.19 bits per heavy atom. The molecule has 1 heterocycles. The van der Waals surface area contributed by atoms with E-state index < -0.39 is 5.60 Å². The van der Waals surface area contributed by atoms with Crippen molar-refractivity contribution in [1.82, 2.24) is 4.90 Å². The molecule has 0 amide bonds. The van der Waals surface area contributed by atoms with Crippen LogP contribution in [0.15, 0.2) is 48.5 Å². The number of fused-ring (bicyclic) bond motifs is 1. The number of benzene rings is 2. The Morgan fingerprint density at radius 3 is 2.77 bits per heavy atom. The summed E-state index contributed by atoms with van der Waals surface area (Å²) in [7, 11) is 1.58. The fourth-order valence-electron chi connectivity index (χ4n) is 4.92. The maximum atomic E-state index is 13.5. The summed E-state index contributed by atoms with van der Waals surface area (Å²) in [6.07, 6.45) is 3.04. The first-order valence-electron chi connectivity index (χ1n) is 9.43. The van der Waals surface area contributed by atoms with Gasteiger partial charge in [0, 0.05) is 37.2 Å². The molecule has 2 aromatic rings. The molecule has 0 radical (unpaired) electrons. The summed E-state index contributed by atoms with van der Waals surface area (Å²) in [4.78, 5) is 2.38. The van der Waals surface area contributed by atoms with Crippen LogP contribution in [-0.2, 0) is 12.1 Å². The molecule has 2 aromatic carbocycles. The second kappa shape index (κ2) is 7.01. The molecule has 1 saturated carbocycles. The Balaban J connectivity index is 1.55. The van der Waals surface area contributed by atoms with Gasteiger partial charge in [0.2, 0.25) is 0 Å². The fraction of sp³-hybridized carbons (Fsp3) is 0.455. The molecule has 1 aliphatic heterocycles. The summed E-state index contributed by atoms with van der Waals surface area (Å²) in [5, 5.41) is 11.5. The highest BCUT2D eigenvalue weighted by molar-refractivity contribution is 5.34. The van der Waals surface area contributed by atoms with Crippen molar-refractivity contribution >= 4 is 0 Å². The summed E-state index contributed by atoms with van der Waals surface area (Å²) in [5.41, 5.74) is 1.29. The third-order valence-corrected chi connectivity index (χ3v) is 6.18. The first kappa shape index (κ1) is 17.5. The maximum absolute atomic E-state index is 13.5. The molecular weight excluding hydrogens is 329 g/mol. The molecule has 2 fully saturated rings. The first-order valence-corrected chi connectivity index (χ1v) is 9.43. The zero-order chi connectivity index (χ0) is 18.1. The largest absolute Gasteiger partial charge is 0.496 e. The Morgan fingerprint density at radius 2 is 2.00 bits per heavy atom. The van der Waals surface area contributed by atoms with E-state index in [9.17, 15) is 9.50 Å². The van der Waals surface area contributed by atoms with Crippen molar-refractivity contribution in [3.8, 4) is 5.75 Å². The zero-order valence-electron chi connectivity index (χ0n) is 15.2. The SMILES string of the molecule is COc1cc(F)ccc1CN1C[C@H]2CCC[C@](O)(c3ccccc3)[C@H]2C1. The predicted molar refractivity (Wildman–Crippen MR) is 99.4 cm³/mol. The van der Waals surface area contributed by atoms with E-state index in [0.717, 1.165) is 50.0 Å². The summed E-state index contributed by atoms with van der Waals surface area (Å²) >= 11 is 0. The number of likely N-dealkylation sites (tertiary alicyclic amines) is 1. The molecule has 0 unspecified atom stereocenters. The minimum atomic E-state index is -0.744. The van der Waals surface area contributed by atoms with E-state index in [1.54, 1.807) is 13.2 Å². The van der Waals surface area contributed by atoms with E-state index in [2.05, 4.69) is 4.90 Å². The second-order valence-electron chi connectivity index (χ2n) is 7.70. The molecule has 3 atom stereocenters. The predicted octanol–water partition coefficient (Wildman–Crippen LogP) is 3.95. The highest BCUT2D eigenvalue weighted by Gasteiger charge is 2.49. The number of rotatable bonds is 4. The molecular formula is C22H26FNO2. The number of ether oxygens (including phenoxy) is 1. The van der Waals surface area contributed by atoms with Crippen molar-refractivity contribution in [1.29, 1.82) is 0 Å². The summed E-state index contributed by atoms with van der Waals surface area (Å²) in [6, 6.07) is 14.8. The van der Waals surface area contributed by atoms with Gasteiger partial charge >= 0.3 is 0 Å². The number of hydrogen-bond donors (Lipinski definition) is 1. The molecule has 4 rings (SSSR count). The Hall–Kier alpha value is -1.91. The highest BCUT2D eigenvalue weighted by Crippen LogP contribution is 2.48. The van der Waals surface area contributed by atoms with Gasteiger partial charge in [-0.3, -0.25) is 4.90 Å². The van der Waals surface area contributed by atoms with Crippen LogP contribution in [0.5, 0.6) is 5.75 Å². The van der Waals surface area contributed by atoms with Crippen LogP contribution >= 0.6 is 0 Å². The minimum Gasteiger partial charge on any atom is -0.496 e. The monoisotopic (exact) mass is 355 g/mol. The standard InChI is InChI=1S/C22H26FNO2/c1-26-21-12-19(23)10-9-17(21)14-24-13-16-6-5-11-22(25,20(16)15-24)18-7-3-2-4-8-18/h2-4,7-10,12,16,20,25H,5-6,11,13-15H2,1H3/t16-,20+,22+/m1/s1. The fourth-order valence-corrected chi connectivity index (χ4v) is 4.92. The van der Waals surface area contributed by atoms with Gasteiger partial charge in [0.25, 0.3) is 0 Å². The second-order valence-corrected chi connectivity index (χ2v) is 7.70. The van der Waals surface area contributed by atoms with Gasteiger partial charge in [0.15, 0.2) is 0 Å². The molecule has 4 heteroatoms. The third kappa shape index (κ3) is 3.12. The van der Waals surface area contributed by atoms with Crippen LogP contribution in [0.1, 0.15) is 30.4 Å². The average Bonchev–Trinajstić information content (AvgIpc) is 3.08. The molecule has 0 bridgehead atoms. The zero-order valence-corrected chi connectivity index (χ0v) is 15.2. The van der Waals surface area contributed by atoms with Gasteiger partial charge < -0.3 is 9.84 Å². The minimum absolute atomic E-state index is 0.241. The Bertz CT molecular complexity index is 766. The van der Waals surface area contributed by atoms with E-state index >= 15 is 0 Å². The van der Waals surface area contributed by atoms with Crippen molar-refractivity contribution in [2.75, 3.05) is 20.2 Å². The van der Waals surface area contributed by atoms with Gasteiger partial charge in [0.05, 0.1) is 12.7 Å². The van der Waals surface area contributed by atoms with Gasteiger partial charge in [-0.25, -0.2) is 4.39 Å². The topological polar surface area (TPSA) is 32.7 Å². The van der Waals surface area contributed by atoms with Gasteiger partial charge in [-0.15, -0.1) is 0 Å². The lowest BCUT2D eigenvalue weighted by Crippen LogP contribution is -2.42. The lowest BCUT2D eigenvalue weighted by atomic mass is 9.67. The number of methoxy groups -OCH3 is 1. The molecule has 0 spiro atoms.